The van der Waals surface area contributed by atoms with E-state index in [0.717, 1.165) is 0 Å². The zero-order valence-corrected chi connectivity index (χ0v) is 7.91. The molecule has 0 spiro atoms. The Morgan fingerprint density at radius 3 is 0.800 bits per heavy atom. The van der Waals surface area contributed by atoms with Gasteiger partial charge in [0.15, 0.2) is 0 Å². The SMILES string of the molecule is CCC.O=C(O)F.O=C(O)F.O=C(O)F. The highest BCUT2D eigenvalue weighted by Crippen LogP contribution is 1.59. The Hall–Kier alpha value is -1.80. The zero-order valence-electron chi connectivity index (χ0n) is 7.91. The predicted octanol–water partition coefficient (Wildman–Crippen LogP) is 3.32. The molecule has 6 nitrogen and oxygen atoms in total. The normalized spacial score (nSPS) is 6.20. The topological polar surface area (TPSA) is 112 Å². The number of carbonyl (C=O) groups is 3. The highest BCUT2D eigenvalue weighted by Gasteiger charge is 1.75. The Morgan fingerprint density at radius 2 is 0.800 bits per heavy atom. The maximum atomic E-state index is 9.92. The number of hydrogen-bond acceptors (Lipinski definition) is 3. The Bertz CT molecular complexity index is 132. The van der Waals surface area contributed by atoms with Gasteiger partial charge in [-0.15, -0.1) is 13.2 Å². The number of hydrogen-bond donors (Lipinski definition) is 3. The van der Waals surface area contributed by atoms with Gasteiger partial charge in [0.25, 0.3) is 0 Å². The van der Waals surface area contributed by atoms with E-state index in [9.17, 15) is 13.2 Å². The lowest BCUT2D eigenvalue weighted by atomic mass is 10.6. The van der Waals surface area contributed by atoms with Gasteiger partial charge in [0.05, 0.1) is 0 Å². The van der Waals surface area contributed by atoms with Crippen molar-refractivity contribution in [3.63, 3.8) is 0 Å². The summed E-state index contributed by atoms with van der Waals surface area (Å²) in [5.74, 6) is 0. The maximum Gasteiger partial charge on any atom is 0.492 e. The number of carboxylic acid groups (broad SMARTS) is 3. The molecule has 0 atom stereocenters. The molecule has 0 amide bonds. The van der Waals surface area contributed by atoms with E-state index >= 15 is 0 Å². The number of rotatable bonds is 0. The van der Waals surface area contributed by atoms with E-state index in [1.807, 2.05) is 0 Å². The van der Waals surface area contributed by atoms with Crippen LogP contribution in [0.25, 0.3) is 0 Å². The average Bonchev–Trinajstić information content (AvgIpc) is 1.81. The second kappa shape index (κ2) is 22.8. The molecule has 15 heavy (non-hydrogen) atoms. The fraction of sp³-hybridized carbons (Fsp3) is 0.500. The van der Waals surface area contributed by atoms with Gasteiger partial charge < -0.3 is 15.3 Å². The smallest absolute Gasteiger partial charge is 0.456 e. The molecule has 0 heterocycles. The van der Waals surface area contributed by atoms with Crippen LogP contribution in [-0.2, 0) is 0 Å². The third-order valence-corrected chi connectivity index (χ3v) is 0. The molecule has 0 aliphatic heterocycles. The monoisotopic (exact) mass is 236 g/mol. The quantitative estimate of drug-likeness (QED) is 0.556. The minimum absolute atomic E-state index is 1.25. The van der Waals surface area contributed by atoms with Crippen LogP contribution in [0.4, 0.5) is 27.6 Å². The van der Waals surface area contributed by atoms with E-state index in [-0.39, 0.29) is 0 Å². The van der Waals surface area contributed by atoms with E-state index < -0.39 is 18.7 Å². The first-order valence-electron chi connectivity index (χ1n) is 3.26. The van der Waals surface area contributed by atoms with Crippen molar-refractivity contribution < 1.29 is 42.9 Å². The van der Waals surface area contributed by atoms with Crippen LogP contribution < -0.4 is 0 Å². The van der Waals surface area contributed by atoms with Gasteiger partial charge in [0, 0.05) is 0 Å². The first kappa shape index (κ1) is 23.2. The molecule has 0 rings (SSSR count). The number of halogens is 3. The summed E-state index contributed by atoms with van der Waals surface area (Å²) in [6.07, 6.45) is -5.75. The van der Waals surface area contributed by atoms with Crippen molar-refractivity contribution in [2.45, 2.75) is 20.3 Å². The Labute approximate surface area is 82.9 Å². The Balaban J connectivity index is -0.0000000542. The van der Waals surface area contributed by atoms with Gasteiger partial charge in [-0.2, -0.15) is 0 Å². The zero-order chi connectivity index (χ0) is 13.4. The molecule has 0 bridgehead atoms. The van der Waals surface area contributed by atoms with Gasteiger partial charge >= 0.3 is 18.7 Å². The van der Waals surface area contributed by atoms with Gasteiger partial charge in [-0.3, -0.25) is 0 Å². The van der Waals surface area contributed by atoms with E-state index in [4.69, 9.17) is 29.7 Å². The second-order valence-electron chi connectivity index (χ2n) is 1.47. The van der Waals surface area contributed by atoms with E-state index in [1.54, 1.807) is 0 Å². The lowest BCUT2D eigenvalue weighted by Gasteiger charge is -1.53. The van der Waals surface area contributed by atoms with Crippen molar-refractivity contribution in [3.05, 3.63) is 0 Å². The summed E-state index contributed by atoms with van der Waals surface area (Å²) in [6, 6.07) is 0. The third-order valence-electron chi connectivity index (χ3n) is 0. The molecule has 0 saturated carbocycles. The Kier molecular flexibility index (Phi) is 35.2. The van der Waals surface area contributed by atoms with Crippen molar-refractivity contribution in [2.24, 2.45) is 0 Å². The predicted molar refractivity (Wildman–Crippen MR) is 43.4 cm³/mol. The molecule has 0 aliphatic carbocycles. The molecule has 0 radical (unpaired) electrons. The summed E-state index contributed by atoms with van der Waals surface area (Å²) in [7, 11) is 0. The lowest BCUT2D eigenvalue weighted by molar-refractivity contribution is 0.167. The van der Waals surface area contributed by atoms with Crippen LogP contribution in [0, 0.1) is 0 Å². The van der Waals surface area contributed by atoms with Crippen molar-refractivity contribution in [3.8, 4) is 0 Å². The van der Waals surface area contributed by atoms with E-state index in [1.165, 1.54) is 6.42 Å². The highest BCUT2D eigenvalue weighted by molar-refractivity contribution is 5.55. The van der Waals surface area contributed by atoms with Crippen LogP contribution in [0.1, 0.15) is 20.3 Å². The van der Waals surface area contributed by atoms with Crippen molar-refractivity contribution >= 4 is 18.7 Å². The molecule has 92 valence electrons. The molecule has 0 aromatic carbocycles. The van der Waals surface area contributed by atoms with Gasteiger partial charge in [-0.1, -0.05) is 20.3 Å². The van der Waals surface area contributed by atoms with Gasteiger partial charge in [-0.05, 0) is 0 Å². The second-order valence-corrected chi connectivity index (χ2v) is 1.47. The summed E-state index contributed by atoms with van der Waals surface area (Å²) in [4.78, 5) is 25.0. The minimum atomic E-state index is -2.33. The van der Waals surface area contributed by atoms with Gasteiger partial charge in [0.2, 0.25) is 0 Å². The molecule has 3 N–H and O–H groups in total. The molecular weight excluding hydrogens is 225 g/mol. The summed E-state index contributed by atoms with van der Waals surface area (Å²) < 4.78 is 29.8. The van der Waals surface area contributed by atoms with Crippen molar-refractivity contribution in [1.29, 1.82) is 0 Å². The van der Waals surface area contributed by atoms with Gasteiger partial charge in [0.1, 0.15) is 0 Å². The van der Waals surface area contributed by atoms with E-state index in [0.29, 0.717) is 0 Å². The van der Waals surface area contributed by atoms with Crippen LogP contribution in [0.15, 0.2) is 0 Å². The van der Waals surface area contributed by atoms with Crippen molar-refractivity contribution in [1.82, 2.24) is 0 Å². The fourth-order valence-electron chi connectivity index (χ4n) is 0. The minimum Gasteiger partial charge on any atom is -0.456 e. The molecular formula is C6H11F3O6. The summed E-state index contributed by atoms with van der Waals surface area (Å²) >= 11 is 0. The van der Waals surface area contributed by atoms with Gasteiger partial charge in [-0.25, -0.2) is 14.4 Å². The average molecular weight is 236 g/mol. The molecule has 0 unspecified atom stereocenters. The van der Waals surface area contributed by atoms with Crippen LogP contribution in [-0.4, -0.2) is 34.0 Å². The molecule has 9 heteroatoms. The third kappa shape index (κ3) is 392. The van der Waals surface area contributed by atoms with Crippen LogP contribution in [0.2, 0.25) is 0 Å². The maximum absolute atomic E-state index is 9.92. The summed E-state index contributed by atoms with van der Waals surface area (Å²) in [6.45, 7) is 4.25. The highest BCUT2D eigenvalue weighted by atomic mass is 19.2. The Morgan fingerprint density at radius 1 is 0.800 bits per heavy atom. The van der Waals surface area contributed by atoms with E-state index in [2.05, 4.69) is 13.8 Å². The fourth-order valence-corrected chi connectivity index (χ4v) is 0. The standard InChI is InChI=1S/C3H8.3CHFO2/c1-3-2;3*2-1(3)4/h3H2,1-2H3;3*(H,3,4). The van der Waals surface area contributed by atoms with Crippen LogP contribution in [0.3, 0.4) is 0 Å². The molecule has 0 aliphatic rings. The molecule has 0 saturated heterocycles. The van der Waals surface area contributed by atoms with Crippen LogP contribution in [0.5, 0.6) is 0 Å². The first-order valence-corrected chi connectivity index (χ1v) is 3.26. The van der Waals surface area contributed by atoms with Crippen LogP contribution >= 0.6 is 0 Å². The summed E-state index contributed by atoms with van der Waals surface area (Å²) in [5.41, 5.74) is 0. The first-order chi connectivity index (χ1) is 6.61. The molecule has 0 fully saturated rings. The molecule has 0 aromatic heterocycles. The molecule has 0 aromatic rings. The largest absolute Gasteiger partial charge is 0.492 e. The summed E-state index contributed by atoms with van der Waals surface area (Å²) in [5, 5.41) is 20.2. The van der Waals surface area contributed by atoms with Crippen molar-refractivity contribution in [2.75, 3.05) is 0 Å². The lowest BCUT2D eigenvalue weighted by Crippen LogP contribution is -1.69.